The van der Waals surface area contributed by atoms with E-state index in [-0.39, 0.29) is 21.1 Å². The van der Waals surface area contributed by atoms with E-state index in [9.17, 15) is 13.2 Å². The highest BCUT2D eigenvalue weighted by atomic mass is 32.2. The number of fused-ring (bicyclic) bond motifs is 1. The Bertz CT molecular complexity index is 1390. The van der Waals surface area contributed by atoms with Gasteiger partial charge in [0.2, 0.25) is 9.84 Å². The molecule has 0 atom stereocenters. The minimum absolute atomic E-state index is 0.0102. The lowest BCUT2D eigenvalue weighted by Crippen LogP contribution is -2.13. The molecule has 156 valence electrons. The largest absolute Gasteiger partial charge is 0.289 e. The van der Waals surface area contributed by atoms with Crippen molar-refractivity contribution in [3.63, 3.8) is 0 Å². The Morgan fingerprint density at radius 1 is 0.871 bits per heavy atom. The van der Waals surface area contributed by atoms with Gasteiger partial charge in [-0.1, -0.05) is 60.5 Å². The van der Waals surface area contributed by atoms with Crippen LogP contribution in [-0.2, 0) is 16.3 Å². The molecule has 0 unspecified atom stereocenters. The van der Waals surface area contributed by atoms with Crippen LogP contribution in [0.3, 0.4) is 0 Å². The quantitative estimate of drug-likeness (QED) is 0.394. The number of pyridine rings is 1. The molecular formula is C26H23NO3S. The molecule has 0 fully saturated rings. The number of ketones is 1. The third kappa shape index (κ3) is 3.89. The molecule has 0 aliphatic heterocycles. The maximum absolute atomic E-state index is 13.8. The Morgan fingerprint density at radius 2 is 1.52 bits per heavy atom. The summed E-state index contributed by atoms with van der Waals surface area (Å²) in [6, 6.07) is 19.4. The van der Waals surface area contributed by atoms with E-state index in [0.29, 0.717) is 16.5 Å². The molecule has 0 saturated heterocycles. The van der Waals surface area contributed by atoms with Gasteiger partial charge in [0.05, 0.1) is 20.9 Å². The van der Waals surface area contributed by atoms with E-state index in [0.717, 1.165) is 23.1 Å². The smallest absolute Gasteiger partial charge is 0.208 e. The van der Waals surface area contributed by atoms with Crippen molar-refractivity contribution in [3.05, 3.63) is 101 Å². The van der Waals surface area contributed by atoms with E-state index in [4.69, 9.17) is 0 Å². The summed E-state index contributed by atoms with van der Waals surface area (Å²) in [6.07, 6.45) is 2.20. The van der Waals surface area contributed by atoms with Crippen LogP contribution in [0.5, 0.6) is 0 Å². The minimum atomic E-state index is -3.96. The number of nitrogens with zero attached hydrogens (tertiary/aromatic N) is 1. The van der Waals surface area contributed by atoms with Crippen molar-refractivity contribution in [1.82, 2.24) is 4.98 Å². The third-order valence-corrected chi connectivity index (χ3v) is 7.31. The van der Waals surface area contributed by atoms with E-state index in [1.54, 1.807) is 36.4 Å². The lowest BCUT2D eigenvalue weighted by molar-refractivity contribution is 0.103. The van der Waals surface area contributed by atoms with Crippen LogP contribution < -0.4 is 0 Å². The fraction of sp³-hybridized carbons (Fsp3) is 0.154. The standard InChI is InChI=1S/C26H23NO3S/c1-4-19-8-12-21(13-9-19)31(29,30)26-22-15-18(3)7-14-24(22)27-16-23(26)25(28)20-10-5-17(2)6-11-20/h5-16H,4H2,1-3H3. The van der Waals surface area contributed by atoms with Crippen LogP contribution in [0, 0.1) is 13.8 Å². The van der Waals surface area contributed by atoms with Crippen molar-refractivity contribution in [2.45, 2.75) is 37.0 Å². The molecule has 5 heteroatoms. The van der Waals surface area contributed by atoms with Crippen molar-refractivity contribution in [2.75, 3.05) is 0 Å². The summed E-state index contributed by atoms with van der Waals surface area (Å²) in [5.74, 6) is -0.361. The molecule has 0 spiro atoms. The molecule has 1 aromatic heterocycles. The van der Waals surface area contributed by atoms with Gasteiger partial charge < -0.3 is 0 Å². The van der Waals surface area contributed by atoms with Gasteiger partial charge in [0.25, 0.3) is 0 Å². The van der Waals surface area contributed by atoms with Crippen LogP contribution in [0.25, 0.3) is 10.9 Å². The van der Waals surface area contributed by atoms with Crippen LogP contribution in [0.4, 0.5) is 0 Å². The average Bonchev–Trinajstić information content (AvgIpc) is 2.78. The summed E-state index contributed by atoms with van der Waals surface area (Å²) in [5, 5.41) is 0.456. The van der Waals surface area contributed by atoms with Gasteiger partial charge in [-0.25, -0.2) is 8.42 Å². The molecular weight excluding hydrogens is 406 g/mol. The van der Waals surface area contributed by atoms with Crippen LogP contribution >= 0.6 is 0 Å². The van der Waals surface area contributed by atoms with Crippen LogP contribution in [0.15, 0.2) is 82.7 Å². The van der Waals surface area contributed by atoms with Crippen LogP contribution in [0.1, 0.15) is 39.5 Å². The van der Waals surface area contributed by atoms with Crippen LogP contribution in [-0.4, -0.2) is 19.2 Å². The fourth-order valence-corrected chi connectivity index (χ4v) is 5.23. The first-order valence-electron chi connectivity index (χ1n) is 10.2. The van der Waals surface area contributed by atoms with E-state index < -0.39 is 9.84 Å². The number of aryl methyl sites for hydroxylation is 3. The fourth-order valence-electron chi connectivity index (χ4n) is 3.62. The van der Waals surface area contributed by atoms with Crippen molar-refractivity contribution in [1.29, 1.82) is 0 Å². The van der Waals surface area contributed by atoms with E-state index in [1.807, 2.05) is 51.1 Å². The van der Waals surface area contributed by atoms with Gasteiger partial charge >= 0.3 is 0 Å². The average molecular weight is 430 g/mol. The second-order valence-corrected chi connectivity index (χ2v) is 9.60. The number of carbonyl (C=O) groups excluding carboxylic acids is 1. The second-order valence-electron chi connectivity index (χ2n) is 7.72. The van der Waals surface area contributed by atoms with Gasteiger partial charge in [-0.15, -0.1) is 0 Å². The first kappa shape index (κ1) is 20.9. The molecule has 1 heterocycles. The molecule has 4 aromatic rings. The topological polar surface area (TPSA) is 64.1 Å². The maximum atomic E-state index is 13.8. The second kappa shape index (κ2) is 8.08. The zero-order valence-corrected chi connectivity index (χ0v) is 18.5. The zero-order chi connectivity index (χ0) is 22.2. The third-order valence-electron chi connectivity index (χ3n) is 5.44. The summed E-state index contributed by atoms with van der Waals surface area (Å²) in [7, 11) is -3.96. The SMILES string of the molecule is CCc1ccc(S(=O)(=O)c2c(C(=O)c3ccc(C)cc3)cnc3ccc(C)cc23)cc1. The molecule has 0 amide bonds. The van der Waals surface area contributed by atoms with Crippen LogP contribution in [0.2, 0.25) is 0 Å². The van der Waals surface area contributed by atoms with Gasteiger partial charge in [-0.05, 0) is 50.1 Å². The summed E-state index contributed by atoms with van der Waals surface area (Å²) in [4.78, 5) is 18.0. The lowest BCUT2D eigenvalue weighted by atomic mass is 10.0. The zero-order valence-electron chi connectivity index (χ0n) is 17.7. The van der Waals surface area contributed by atoms with E-state index in [1.165, 1.54) is 6.20 Å². The lowest BCUT2D eigenvalue weighted by Gasteiger charge is -2.14. The van der Waals surface area contributed by atoms with E-state index >= 15 is 0 Å². The normalized spacial score (nSPS) is 11.6. The molecule has 3 aromatic carbocycles. The summed E-state index contributed by atoms with van der Waals surface area (Å²) in [6.45, 7) is 5.84. The number of hydrogen-bond acceptors (Lipinski definition) is 4. The molecule has 31 heavy (non-hydrogen) atoms. The van der Waals surface area contributed by atoms with Crippen molar-refractivity contribution < 1.29 is 13.2 Å². The Kier molecular flexibility index (Phi) is 5.46. The number of carbonyl (C=O) groups is 1. The Morgan fingerprint density at radius 3 is 2.16 bits per heavy atom. The first-order valence-corrected chi connectivity index (χ1v) is 11.6. The summed E-state index contributed by atoms with van der Waals surface area (Å²) in [5.41, 5.74) is 4.01. The molecule has 0 N–H and O–H groups in total. The Hall–Kier alpha value is -3.31. The molecule has 0 aliphatic carbocycles. The molecule has 0 radical (unpaired) electrons. The van der Waals surface area contributed by atoms with Gasteiger partial charge in [0.1, 0.15) is 0 Å². The number of hydrogen-bond donors (Lipinski definition) is 0. The summed E-state index contributed by atoms with van der Waals surface area (Å²) >= 11 is 0. The number of benzene rings is 3. The molecule has 0 saturated carbocycles. The van der Waals surface area contributed by atoms with Crippen molar-refractivity contribution >= 4 is 26.5 Å². The summed E-state index contributed by atoms with van der Waals surface area (Å²) < 4.78 is 27.6. The molecule has 0 aliphatic rings. The van der Waals surface area contributed by atoms with E-state index in [2.05, 4.69) is 4.98 Å². The first-order chi connectivity index (χ1) is 14.8. The Balaban J connectivity index is 2.00. The highest BCUT2D eigenvalue weighted by Gasteiger charge is 2.28. The van der Waals surface area contributed by atoms with Gasteiger partial charge in [0, 0.05) is 17.1 Å². The molecule has 0 bridgehead atoms. The van der Waals surface area contributed by atoms with Gasteiger partial charge in [0.15, 0.2) is 5.78 Å². The minimum Gasteiger partial charge on any atom is -0.289 e. The predicted molar refractivity (Wildman–Crippen MR) is 122 cm³/mol. The molecule has 4 rings (SSSR count). The monoisotopic (exact) mass is 429 g/mol. The van der Waals surface area contributed by atoms with Crippen molar-refractivity contribution in [2.24, 2.45) is 0 Å². The Labute approximate surface area is 182 Å². The predicted octanol–water partition coefficient (Wildman–Crippen LogP) is 5.48. The number of aromatic nitrogens is 1. The highest BCUT2D eigenvalue weighted by Crippen LogP contribution is 2.32. The molecule has 4 nitrogen and oxygen atoms in total. The van der Waals surface area contributed by atoms with Gasteiger partial charge in [-0.2, -0.15) is 0 Å². The number of sulfone groups is 1. The van der Waals surface area contributed by atoms with Gasteiger partial charge in [-0.3, -0.25) is 9.78 Å². The maximum Gasteiger partial charge on any atom is 0.208 e. The van der Waals surface area contributed by atoms with Crippen molar-refractivity contribution in [3.8, 4) is 0 Å². The highest BCUT2D eigenvalue weighted by molar-refractivity contribution is 7.91. The number of rotatable bonds is 5.